The Labute approximate surface area is 156 Å². The highest BCUT2D eigenvalue weighted by molar-refractivity contribution is 5.86. The number of carboxylic acid groups (broad SMARTS) is 1. The zero-order valence-corrected chi connectivity index (χ0v) is 15.4. The predicted molar refractivity (Wildman–Crippen MR) is 96.6 cm³/mol. The number of carboxylic acids is 1. The first-order valence-electron chi connectivity index (χ1n) is 9.11. The Bertz CT molecular complexity index is 946. The van der Waals surface area contributed by atoms with E-state index in [-0.39, 0.29) is 24.5 Å². The van der Waals surface area contributed by atoms with Gasteiger partial charge in [0.25, 0.3) is 5.91 Å². The fourth-order valence-corrected chi connectivity index (χ4v) is 3.42. The van der Waals surface area contributed by atoms with Crippen molar-refractivity contribution >= 4 is 22.8 Å². The molecule has 3 rings (SSSR count). The third-order valence-electron chi connectivity index (χ3n) is 4.87. The topological polar surface area (TPSA) is 109 Å². The van der Waals surface area contributed by atoms with Gasteiger partial charge in [0.1, 0.15) is 11.3 Å². The number of nitrogens with one attached hydrogen (secondary N) is 1. The molecule has 144 valence electrons. The van der Waals surface area contributed by atoms with Crippen LogP contribution in [0.3, 0.4) is 0 Å². The van der Waals surface area contributed by atoms with Gasteiger partial charge in [-0.3, -0.25) is 4.79 Å². The lowest BCUT2D eigenvalue weighted by Gasteiger charge is -2.17. The summed E-state index contributed by atoms with van der Waals surface area (Å²) in [7, 11) is 0. The molecule has 1 N–H and O–H groups in total. The maximum atomic E-state index is 12.2. The minimum atomic E-state index is -1.15. The lowest BCUT2D eigenvalue weighted by molar-refractivity contribution is -0.305. The van der Waals surface area contributed by atoms with Crippen molar-refractivity contribution in [3.05, 3.63) is 39.2 Å². The number of benzene rings is 1. The van der Waals surface area contributed by atoms with Crippen LogP contribution in [0, 0.1) is 6.92 Å². The Balaban J connectivity index is 1.74. The van der Waals surface area contributed by atoms with Gasteiger partial charge in [-0.05, 0) is 63.6 Å². The minimum absolute atomic E-state index is 0.108. The van der Waals surface area contributed by atoms with Gasteiger partial charge in [0.05, 0.1) is 0 Å². The number of ether oxygens (including phenoxy) is 1. The molecule has 1 amide bonds. The fourth-order valence-electron chi connectivity index (χ4n) is 3.42. The van der Waals surface area contributed by atoms with Crippen LogP contribution >= 0.6 is 0 Å². The van der Waals surface area contributed by atoms with E-state index >= 15 is 0 Å². The number of carbonyl (C=O) groups excluding carboxylic acids is 2. The van der Waals surface area contributed by atoms with E-state index in [2.05, 4.69) is 5.32 Å². The van der Waals surface area contributed by atoms with Gasteiger partial charge in [0.2, 0.25) is 0 Å². The number of rotatable bonds is 7. The number of hydrogen-bond acceptors (Lipinski definition) is 6. The third kappa shape index (κ3) is 3.97. The van der Waals surface area contributed by atoms with E-state index in [1.54, 1.807) is 19.9 Å². The van der Waals surface area contributed by atoms with Gasteiger partial charge < -0.3 is 24.4 Å². The van der Waals surface area contributed by atoms with Crippen molar-refractivity contribution in [1.82, 2.24) is 5.32 Å². The minimum Gasteiger partial charge on any atom is -0.550 e. The van der Waals surface area contributed by atoms with Crippen LogP contribution in [-0.2, 0) is 22.4 Å². The zero-order chi connectivity index (χ0) is 19.6. The molecule has 27 heavy (non-hydrogen) atoms. The standard InChI is InChI=1S/C20H23NO6/c1-11-16(26-12(2)19(24)21-10-4-7-17(22)23)9-8-14-13-5-3-6-15(13)20(25)27-18(11)14/h8-9,12H,3-7,10H2,1-2H3,(H,21,24)(H,22,23)/p-1/t12-/m0/s1. The average Bonchev–Trinajstić information content (AvgIpc) is 3.12. The molecule has 1 aromatic carbocycles. The number of amides is 1. The number of fused-ring (bicyclic) bond motifs is 3. The summed E-state index contributed by atoms with van der Waals surface area (Å²) in [6, 6.07) is 3.66. The Morgan fingerprint density at radius 2 is 2.04 bits per heavy atom. The molecule has 1 heterocycles. The molecular formula is C20H22NO6-. The maximum absolute atomic E-state index is 12.2. The molecule has 0 aliphatic heterocycles. The number of hydrogen-bond donors (Lipinski definition) is 1. The van der Waals surface area contributed by atoms with E-state index in [0.717, 1.165) is 35.8 Å². The van der Waals surface area contributed by atoms with Crippen molar-refractivity contribution in [2.75, 3.05) is 6.54 Å². The van der Waals surface area contributed by atoms with Crippen LogP contribution in [0.5, 0.6) is 5.75 Å². The van der Waals surface area contributed by atoms with Crippen molar-refractivity contribution < 1.29 is 23.8 Å². The first-order valence-corrected chi connectivity index (χ1v) is 9.11. The monoisotopic (exact) mass is 372 g/mol. The Kier molecular flexibility index (Phi) is 5.48. The summed E-state index contributed by atoms with van der Waals surface area (Å²) in [4.78, 5) is 34.7. The van der Waals surface area contributed by atoms with Crippen LogP contribution in [0.2, 0.25) is 0 Å². The molecule has 1 aliphatic rings. The highest BCUT2D eigenvalue weighted by Crippen LogP contribution is 2.33. The molecule has 0 saturated carbocycles. The van der Waals surface area contributed by atoms with Crippen molar-refractivity contribution in [2.24, 2.45) is 0 Å². The van der Waals surface area contributed by atoms with Crippen molar-refractivity contribution in [2.45, 2.75) is 52.1 Å². The highest BCUT2D eigenvalue weighted by Gasteiger charge is 2.22. The van der Waals surface area contributed by atoms with E-state index in [1.165, 1.54) is 0 Å². The predicted octanol–water partition coefficient (Wildman–Crippen LogP) is 1.00. The second-order valence-electron chi connectivity index (χ2n) is 6.79. The number of aryl methyl sites for hydroxylation is 2. The van der Waals surface area contributed by atoms with Gasteiger partial charge in [0, 0.05) is 29.0 Å². The molecule has 0 bridgehead atoms. The molecule has 7 heteroatoms. The third-order valence-corrected chi connectivity index (χ3v) is 4.87. The molecule has 0 saturated heterocycles. The van der Waals surface area contributed by atoms with E-state index in [1.807, 2.05) is 6.07 Å². The van der Waals surface area contributed by atoms with E-state index in [9.17, 15) is 19.5 Å². The SMILES string of the molecule is Cc1c(O[C@@H](C)C(=O)NCCCC(=O)[O-])ccc2c3c(c(=O)oc12)CCC3. The molecule has 0 fully saturated rings. The summed E-state index contributed by atoms with van der Waals surface area (Å²) >= 11 is 0. The molecule has 1 aromatic heterocycles. The van der Waals surface area contributed by atoms with Gasteiger partial charge >= 0.3 is 5.63 Å². The first kappa shape index (κ1) is 18.9. The van der Waals surface area contributed by atoms with Crippen molar-refractivity contribution in [3.8, 4) is 5.75 Å². The molecule has 0 spiro atoms. The Morgan fingerprint density at radius 1 is 1.30 bits per heavy atom. The summed E-state index contributed by atoms with van der Waals surface area (Å²) in [5.74, 6) is -1.02. The fraction of sp³-hybridized carbons (Fsp3) is 0.450. The summed E-state index contributed by atoms with van der Waals surface area (Å²) in [6.45, 7) is 3.64. The summed E-state index contributed by atoms with van der Waals surface area (Å²) in [6.07, 6.45) is 1.98. The normalized spacial score (nSPS) is 14.0. The summed E-state index contributed by atoms with van der Waals surface area (Å²) in [5.41, 5.74) is 2.69. The van der Waals surface area contributed by atoms with Crippen molar-refractivity contribution in [3.63, 3.8) is 0 Å². The molecule has 2 aromatic rings. The summed E-state index contributed by atoms with van der Waals surface area (Å²) < 4.78 is 11.3. The van der Waals surface area contributed by atoms with Crippen LogP contribution < -0.4 is 20.8 Å². The van der Waals surface area contributed by atoms with Gasteiger partial charge in [-0.25, -0.2) is 4.79 Å². The lowest BCUT2D eigenvalue weighted by Crippen LogP contribution is -2.37. The lowest BCUT2D eigenvalue weighted by atomic mass is 10.0. The average molecular weight is 372 g/mol. The van der Waals surface area contributed by atoms with E-state index in [0.29, 0.717) is 23.3 Å². The van der Waals surface area contributed by atoms with Gasteiger partial charge in [0.15, 0.2) is 6.10 Å². The van der Waals surface area contributed by atoms with Gasteiger partial charge in [-0.15, -0.1) is 0 Å². The van der Waals surface area contributed by atoms with Crippen LogP contribution in [0.1, 0.15) is 42.9 Å². The largest absolute Gasteiger partial charge is 0.550 e. The van der Waals surface area contributed by atoms with Crippen LogP contribution in [0.4, 0.5) is 0 Å². The summed E-state index contributed by atoms with van der Waals surface area (Å²) in [5, 5.41) is 13.9. The zero-order valence-electron chi connectivity index (χ0n) is 15.4. The Hall–Kier alpha value is -2.83. The second-order valence-corrected chi connectivity index (χ2v) is 6.79. The number of aliphatic carboxylic acids is 1. The van der Waals surface area contributed by atoms with Crippen LogP contribution in [-0.4, -0.2) is 24.5 Å². The van der Waals surface area contributed by atoms with Crippen LogP contribution in [0.25, 0.3) is 11.0 Å². The smallest absolute Gasteiger partial charge is 0.339 e. The second kappa shape index (κ2) is 7.82. The van der Waals surface area contributed by atoms with E-state index < -0.39 is 12.1 Å². The van der Waals surface area contributed by atoms with Gasteiger partial charge in [-0.1, -0.05) is 0 Å². The first-order chi connectivity index (χ1) is 12.9. The molecular weight excluding hydrogens is 350 g/mol. The van der Waals surface area contributed by atoms with E-state index in [4.69, 9.17) is 9.15 Å². The molecule has 1 aliphatic carbocycles. The highest BCUT2D eigenvalue weighted by atomic mass is 16.5. The quantitative estimate of drug-likeness (QED) is 0.574. The molecule has 0 unspecified atom stereocenters. The molecule has 7 nitrogen and oxygen atoms in total. The van der Waals surface area contributed by atoms with Gasteiger partial charge in [-0.2, -0.15) is 0 Å². The molecule has 1 atom stereocenters. The van der Waals surface area contributed by atoms with Crippen LogP contribution in [0.15, 0.2) is 21.3 Å². The van der Waals surface area contributed by atoms with Crippen molar-refractivity contribution in [1.29, 1.82) is 0 Å². The Morgan fingerprint density at radius 3 is 2.78 bits per heavy atom. The molecule has 0 radical (unpaired) electrons. The number of carbonyl (C=O) groups is 2. The maximum Gasteiger partial charge on any atom is 0.339 e.